The van der Waals surface area contributed by atoms with E-state index < -0.39 is 0 Å². The Kier molecular flexibility index (Phi) is 3.10. The Hall–Kier alpha value is -1.55. The predicted molar refractivity (Wildman–Crippen MR) is 62.3 cm³/mol. The van der Waals surface area contributed by atoms with Crippen molar-refractivity contribution in [2.75, 3.05) is 18.9 Å². The van der Waals surface area contributed by atoms with Gasteiger partial charge in [0.15, 0.2) is 0 Å². The molecule has 0 aromatic heterocycles. The minimum Gasteiger partial charge on any atom is -0.398 e. The van der Waals surface area contributed by atoms with Crippen molar-refractivity contribution in [2.24, 2.45) is 0 Å². The van der Waals surface area contributed by atoms with Gasteiger partial charge in [-0.3, -0.25) is 4.79 Å². The quantitative estimate of drug-likeness (QED) is 0.733. The SMILES string of the molecule is Cc1ccc(C(=O)NC2CCOC2)cc1N. The summed E-state index contributed by atoms with van der Waals surface area (Å²) in [6, 6.07) is 5.49. The lowest BCUT2D eigenvalue weighted by Crippen LogP contribution is -2.35. The number of anilines is 1. The van der Waals surface area contributed by atoms with Gasteiger partial charge in [0, 0.05) is 17.9 Å². The molecule has 1 aromatic carbocycles. The molecule has 1 aromatic rings. The Bertz CT molecular complexity index is 398. The van der Waals surface area contributed by atoms with Crippen LogP contribution in [0.5, 0.6) is 0 Å². The van der Waals surface area contributed by atoms with E-state index in [9.17, 15) is 4.79 Å². The molecule has 1 aliphatic heterocycles. The maximum atomic E-state index is 11.8. The van der Waals surface area contributed by atoms with Crippen molar-refractivity contribution in [3.05, 3.63) is 29.3 Å². The van der Waals surface area contributed by atoms with Gasteiger partial charge in [-0.2, -0.15) is 0 Å². The van der Waals surface area contributed by atoms with E-state index in [4.69, 9.17) is 10.5 Å². The molecule has 1 saturated heterocycles. The monoisotopic (exact) mass is 220 g/mol. The first-order chi connectivity index (χ1) is 7.66. The fourth-order valence-electron chi connectivity index (χ4n) is 1.70. The third kappa shape index (κ3) is 2.33. The molecule has 1 heterocycles. The van der Waals surface area contributed by atoms with Gasteiger partial charge in [0.2, 0.25) is 0 Å². The zero-order chi connectivity index (χ0) is 11.5. The van der Waals surface area contributed by atoms with Gasteiger partial charge in [-0.25, -0.2) is 0 Å². The Balaban J connectivity index is 2.05. The molecule has 0 aliphatic carbocycles. The summed E-state index contributed by atoms with van der Waals surface area (Å²) >= 11 is 0. The molecule has 1 atom stereocenters. The second-order valence-electron chi connectivity index (χ2n) is 4.11. The number of nitrogen functional groups attached to an aromatic ring is 1. The number of hydrogen-bond acceptors (Lipinski definition) is 3. The Morgan fingerprint density at radius 1 is 1.56 bits per heavy atom. The second kappa shape index (κ2) is 4.53. The van der Waals surface area contributed by atoms with Crippen LogP contribution in [0.1, 0.15) is 22.3 Å². The normalized spacial score (nSPS) is 19.7. The minimum atomic E-state index is -0.0813. The van der Waals surface area contributed by atoms with Crippen molar-refractivity contribution < 1.29 is 9.53 Å². The van der Waals surface area contributed by atoms with Crippen LogP contribution in [0, 0.1) is 6.92 Å². The highest BCUT2D eigenvalue weighted by atomic mass is 16.5. The number of benzene rings is 1. The van der Waals surface area contributed by atoms with Gasteiger partial charge in [0.25, 0.3) is 5.91 Å². The lowest BCUT2D eigenvalue weighted by Gasteiger charge is -2.11. The number of carbonyl (C=O) groups excluding carboxylic acids is 1. The minimum absolute atomic E-state index is 0.0813. The molecule has 0 bridgehead atoms. The van der Waals surface area contributed by atoms with E-state index in [2.05, 4.69) is 5.32 Å². The van der Waals surface area contributed by atoms with Crippen molar-refractivity contribution in [1.29, 1.82) is 0 Å². The lowest BCUT2D eigenvalue weighted by atomic mass is 10.1. The zero-order valence-electron chi connectivity index (χ0n) is 9.32. The summed E-state index contributed by atoms with van der Waals surface area (Å²) in [6.07, 6.45) is 0.882. The van der Waals surface area contributed by atoms with Crippen LogP contribution < -0.4 is 11.1 Å². The van der Waals surface area contributed by atoms with E-state index in [1.807, 2.05) is 13.0 Å². The number of aryl methyl sites for hydroxylation is 1. The summed E-state index contributed by atoms with van der Waals surface area (Å²) in [5.41, 5.74) is 8.00. The second-order valence-corrected chi connectivity index (χ2v) is 4.11. The van der Waals surface area contributed by atoms with Gasteiger partial charge in [0.05, 0.1) is 12.6 Å². The average molecular weight is 220 g/mol. The summed E-state index contributed by atoms with van der Waals surface area (Å²) in [4.78, 5) is 11.8. The Labute approximate surface area is 94.8 Å². The van der Waals surface area contributed by atoms with Crippen LogP contribution in [-0.2, 0) is 4.74 Å². The summed E-state index contributed by atoms with van der Waals surface area (Å²) < 4.78 is 5.20. The van der Waals surface area contributed by atoms with Crippen LogP contribution in [0.3, 0.4) is 0 Å². The standard InChI is InChI=1S/C12H16N2O2/c1-8-2-3-9(6-11(8)13)12(15)14-10-4-5-16-7-10/h2-3,6,10H,4-5,7,13H2,1H3,(H,14,15). The topological polar surface area (TPSA) is 64.3 Å². The molecule has 2 rings (SSSR count). The molecule has 1 amide bonds. The van der Waals surface area contributed by atoms with Crippen molar-refractivity contribution in [1.82, 2.24) is 5.32 Å². The van der Waals surface area contributed by atoms with E-state index in [0.29, 0.717) is 17.9 Å². The summed E-state index contributed by atoms with van der Waals surface area (Å²) in [6.45, 7) is 3.25. The largest absolute Gasteiger partial charge is 0.398 e. The first-order valence-electron chi connectivity index (χ1n) is 5.41. The van der Waals surface area contributed by atoms with Gasteiger partial charge in [-0.05, 0) is 31.0 Å². The number of carbonyl (C=O) groups is 1. The van der Waals surface area contributed by atoms with Crippen molar-refractivity contribution in [3.63, 3.8) is 0 Å². The maximum absolute atomic E-state index is 11.8. The van der Waals surface area contributed by atoms with Gasteiger partial charge in [0.1, 0.15) is 0 Å². The summed E-state index contributed by atoms with van der Waals surface area (Å²) in [7, 11) is 0. The first kappa shape index (κ1) is 11.0. The highest BCUT2D eigenvalue weighted by Crippen LogP contribution is 2.13. The molecule has 4 nitrogen and oxygen atoms in total. The molecular weight excluding hydrogens is 204 g/mol. The number of rotatable bonds is 2. The van der Waals surface area contributed by atoms with Crippen LogP contribution >= 0.6 is 0 Å². The molecular formula is C12H16N2O2. The molecule has 0 saturated carbocycles. The maximum Gasteiger partial charge on any atom is 0.251 e. The molecule has 16 heavy (non-hydrogen) atoms. The number of amides is 1. The van der Waals surface area contributed by atoms with E-state index in [1.54, 1.807) is 12.1 Å². The number of nitrogens with one attached hydrogen (secondary N) is 1. The van der Waals surface area contributed by atoms with Gasteiger partial charge < -0.3 is 15.8 Å². The van der Waals surface area contributed by atoms with Crippen LogP contribution in [0.2, 0.25) is 0 Å². The molecule has 1 unspecified atom stereocenters. The third-order valence-electron chi connectivity index (χ3n) is 2.81. The fraction of sp³-hybridized carbons (Fsp3) is 0.417. The Morgan fingerprint density at radius 2 is 2.38 bits per heavy atom. The van der Waals surface area contributed by atoms with E-state index >= 15 is 0 Å². The third-order valence-corrected chi connectivity index (χ3v) is 2.81. The van der Waals surface area contributed by atoms with Crippen LogP contribution in [0.4, 0.5) is 5.69 Å². The molecule has 1 aliphatic rings. The smallest absolute Gasteiger partial charge is 0.251 e. The molecule has 1 fully saturated rings. The highest BCUT2D eigenvalue weighted by molar-refractivity contribution is 5.95. The first-order valence-corrected chi connectivity index (χ1v) is 5.41. The fourth-order valence-corrected chi connectivity index (χ4v) is 1.70. The summed E-state index contributed by atoms with van der Waals surface area (Å²) in [5.74, 6) is -0.0813. The van der Waals surface area contributed by atoms with Crippen LogP contribution in [0.15, 0.2) is 18.2 Å². The van der Waals surface area contributed by atoms with Crippen molar-refractivity contribution >= 4 is 11.6 Å². The van der Waals surface area contributed by atoms with E-state index in [1.165, 1.54) is 0 Å². The number of nitrogens with two attached hydrogens (primary N) is 1. The zero-order valence-corrected chi connectivity index (χ0v) is 9.32. The summed E-state index contributed by atoms with van der Waals surface area (Å²) in [5, 5.41) is 2.92. The molecule has 4 heteroatoms. The van der Waals surface area contributed by atoms with Crippen LogP contribution in [0.25, 0.3) is 0 Å². The van der Waals surface area contributed by atoms with E-state index in [0.717, 1.165) is 18.6 Å². The average Bonchev–Trinajstić information content (AvgIpc) is 2.74. The molecule has 0 radical (unpaired) electrons. The Morgan fingerprint density at radius 3 is 3.00 bits per heavy atom. The van der Waals surface area contributed by atoms with Gasteiger partial charge in [-0.1, -0.05) is 6.07 Å². The molecule has 3 N–H and O–H groups in total. The van der Waals surface area contributed by atoms with Crippen molar-refractivity contribution in [2.45, 2.75) is 19.4 Å². The number of hydrogen-bond donors (Lipinski definition) is 2. The number of ether oxygens (including phenoxy) is 1. The lowest BCUT2D eigenvalue weighted by molar-refractivity contribution is 0.0930. The van der Waals surface area contributed by atoms with E-state index in [-0.39, 0.29) is 11.9 Å². The molecule has 0 spiro atoms. The van der Waals surface area contributed by atoms with Crippen LogP contribution in [-0.4, -0.2) is 25.2 Å². The van der Waals surface area contributed by atoms with Gasteiger partial charge >= 0.3 is 0 Å². The highest BCUT2D eigenvalue weighted by Gasteiger charge is 2.18. The van der Waals surface area contributed by atoms with Crippen molar-refractivity contribution in [3.8, 4) is 0 Å². The van der Waals surface area contributed by atoms with Gasteiger partial charge in [-0.15, -0.1) is 0 Å². The predicted octanol–water partition coefficient (Wildman–Crippen LogP) is 1.10. The molecule has 86 valence electrons.